The van der Waals surface area contributed by atoms with Gasteiger partial charge in [-0.2, -0.15) is 0 Å². The predicted octanol–water partition coefficient (Wildman–Crippen LogP) is 3.92. The molecule has 0 aliphatic heterocycles. The SMILES string of the molecule is CCCN(Cc1ccc([N+](=O)[O-])cc1)Cc1ccc([N+](=O)[O-])cc1. The summed E-state index contributed by atoms with van der Waals surface area (Å²) in [6.45, 7) is 4.29. The molecule has 126 valence electrons. The Labute approximate surface area is 139 Å². The van der Waals surface area contributed by atoms with Crippen molar-refractivity contribution in [3.63, 3.8) is 0 Å². The highest BCUT2D eigenvalue weighted by Gasteiger charge is 2.10. The molecule has 0 saturated heterocycles. The molecule has 0 aliphatic rings. The summed E-state index contributed by atoms with van der Waals surface area (Å²) in [7, 11) is 0. The van der Waals surface area contributed by atoms with Crippen LogP contribution in [-0.4, -0.2) is 21.3 Å². The van der Waals surface area contributed by atoms with Crippen molar-refractivity contribution < 1.29 is 9.85 Å². The van der Waals surface area contributed by atoms with Gasteiger partial charge >= 0.3 is 0 Å². The van der Waals surface area contributed by atoms with E-state index >= 15 is 0 Å². The maximum absolute atomic E-state index is 10.7. The first-order valence-corrected chi connectivity index (χ1v) is 7.68. The summed E-state index contributed by atoms with van der Waals surface area (Å²) in [6, 6.07) is 13.1. The van der Waals surface area contributed by atoms with E-state index < -0.39 is 9.85 Å². The zero-order valence-corrected chi connectivity index (χ0v) is 13.4. The third-order valence-corrected chi connectivity index (χ3v) is 3.65. The number of non-ortho nitro benzene ring substituents is 2. The molecule has 0 N–H and O–H groups in total. The van der Waals surface area contributed by atoms with Crippen LogP contribution < -0.4 is 0 Å². The number of nitrogens with zero attached hydrogens (tertiary/aromatic N) is 3. The van der Waals surface area contributed by atoms with Crippen molar-refractivity contribution in [2.75, 3.05) is 6.54 Å². The van der Waals surface area contributed by atoms with Gasteiger partial charge in [0.2, 0.25) is 0 Å². The van der Waals surface area contributed by atoms with E-state index in [0.29, 0.717) is 13.1 Å². The molecule has 2 aromatic carbocycles. The lowest BCUT2D eigenvalue weighted by Crippen LogP contribution is -2.23. The van der Waals surface area contributed by atoms with E-state index in [4.69, 9.17) is 0 Å². The van der Waals surface area contributed by atoms with Crippen molar-refractivity contribution in [1.29, 1.82) is 0 Å². The lowest BCUT2D eigenvalue weighted by Gasteiger charge is -2.21. The number of hydrogen-bond acceptors (Lipinski definition) is 5. The molecule has 0 spiro atoms. The topological polar surface area (TPSA) is 89.5 Å². The van der Waals surface area contributed by atoms with Gasteiger partial charge in [-0.3, -0.25) is 25.1 Å². The highest BCUT2D eigenvalue weighted by Crippen LogP contribution is 2.17. The summed E-state index contributed by atoms with van der Waals surface area (Å²) in [5.41, 5.74) is 2.15. The second-order valence-electron chi connectivity index (χ2n) is 5.56. The Morgan fingerprint density at radius 1 is 0.792 bits per heavy atom. The molecular weight excluding hydrogens is 310 g/mol. The normalized spacial score (nSPS) is 10.8. The Morgan fingerprint density at radius 2 is 1.17 bits per heavy atom. The van der Waals surface area contributed by atoms with Gasteiger partial charge in [0, 0.05) is 37.4 Å². The van der Waals surface area contributed by atoms with Crippen molar-refractivity contribution in [3.8, 4) is 0 Å². The van der Waals surface area contributed by atoms with Crippen LogP contribution in [0.15, 0.2) is 48.5 Å². The largest absolute Gasteiger partial charge is 0.295 e. The maximum Gasteiger partial charge on any atom is 0.269 e. The van der Waals surface area contributed by atoms with Crippen LogP contribution in [0.1, 0.15) is 24.5 Å². The van der Waals surface area contributed by atoms with Gasteiger partial charge in [0.15, 0.2) is 0 Å². The Bertz CT molecular complexity index is 639. The molecule has 0 atom stereocenters. The van der Waals surface area contributed by atoms with Crippen molar-refractivity contribution in [2.45, 2.75) is 26.4 Å². The molecule has 7 nitrogen and oxygen atoms in total. The molecule has 0 aliphatic carbocycles. The van der Waals surface area contributed by atoms with Gasteiger partial charge in [-0.1, -0.05) is 31.2 Å². The minimum Gasteiger partial charge on any atom is -0.295 e. The van der Waals surface area contributed by atoms with Crippen LogP contribution in [0, 0.1) is 20.2 Å². The second-order valence-corrected chi connectivity index (χ2v) is 5.56. The number of benzene rings is 2. The number of hydrogen-bond donors (Lipinski definition) is 0. The smallest absolute Gasteiger partial charge is 0.269 e. The zero-order chi connectivity index (χ0) is 17.5. The van der Waals surface area contributed by atoms with Crippen molar-refractivity contribution >= 4 is 11.4 Å². The first kappa shape index (κ1) is 17.6. The van der Waals surface area contributed by atoms with Gasteiger partial charge in [-0.15, -0.1) is 0 Å². The summed E-state index contributed by atoms with van der Waals surface area (Å²) in [5.74, 6) is 0. The third-order valence-electron chi connectivity index (χ3n) is 3.65. The highest BCUT2D eigenvalue weighted by molar-refractivity contribution is 5.34. The van der Waals surface area contributed by atoms with Gasteiger partial charge in [0.05, 0.1) is 9.85 Å². The van der Waals surface area contributed by atoms with Crippen molar-refractivity contribution in [2.24, 2.45) is 0 Å². The molecule has 7 heteroatoms. The lowest BCUT2D eigenvalue weighted by atomic mass is 10.1. The summed E-state index contributed by atoms with van der Waals surface area (Å²) in [4.78, 5) is 22.8. The zero-order valence-electron chi connectivity index (χ0n) is 13.4. The second kappa shape index (κ2) is 8.16. The molecule has 0 radical (unpaired) electrons. The van der Waals surface area contributed by atoms with E-state index in [-0.39, 0.29) is 11.4 Å². The van der Waals surface area contributed by atoms with Crippen LogP contribution in [0.25, 0.3) is 0 Å². The lowest BCUT2D eigenvalue weighted by molar-refractivity contribution is -0.385. The molecule has 0 bridgehead atoms. The molecule has 0 amide bonds. The minimum atomic E-state index is -0.412. The van der Waals surface area contributed by atoms with E-state index in [2.05, 4.69) is 11.8 Å². The molecule has 0 unspecified atom stereocenters. The molecule has 0 aromatic heterocycles. The van der Waals surface area contributed by atoms with Gasteiger partial charge in [0.25, 0.3) is 11.4 Å². The average Bonchev–Trinajstić information content (AvgIpc) is 2.56. The third kappa shape index (κ3) is 4.85. The maximum atomic E-state index is 10.7. The Kier molecular flexibility index (Phi) is 5.97. The molecule has 0 heterocycles. The van der Waals surface area contributed by atoms with Crippen LogP contribution in [0.3, 0.4) is 0 Å². The summed E-state index contributed by atoms with van der Waals surface area (Å²) < 4.78 is 0. The van der Waals surface area contributed by atoms with Crippen LogP contribution in [0.2, 0.25) is 0 Å². The quantitative estimate of drug-likeness (QED) is 0.541. The standard InChI is InChI=1S/C17H19N3O4/c1-2-11-18(12-14-3-7-16(8-4-14)19(21)22)13-15-5-9-17(10-6-15)20(23)24/h3-10H,2,11-13H2,1H3. The fraction of sp³-hybridized carbons (Fsp3) is 0.294. The van der Waals surface area contributed by atoms with Crippen LogP contribution >= 0.6 is 0 Å². The predicted molar refractivity (Wildman–Crippen MR) is 90.6 cm³/mol. The van der Waals surface area contributed by atoms with E-state index in [1.165, 1.54) is 24.3 Å². The van der Waals surface area contributed by atoms with E-state index in [0.717, 1.165) is 24.1 Å². The molecule has 0 fully saturated rings. The molecule has 2 rings (SSSR count). The number of nitro groups is 2. The Balaban J connectivity index is 2.05. The van der Waals surface area contributed by atoms with Gasteiger partial charge in [-0.25, -0.2) is 0 Å². The van der Waals surface area contributed by atoms with Crippen LogP contribution in [0.5, 0.6) is 0 Å². The monoisotopic (exact) mass is 329 g/mol. The van der Waals surface area contributed by atoms with Crippen molar-refractivity contribution in [1.82, 2.24) is 4.90 Å². The van der Waals surface area contributed by atoms with Crippen LogP contribution in [0.4, 0.5) is 11.4 Å². The fourth-order valence-corrected chi connectivity index (χ4v) is 2.49. The number of rotatable bonds is 8. The summed E-state index contributed by atoms with van der Waals surface area (Å²) >= 11 is 0. The molecule has 24 heavy (non-hydrogen) atoms. The van der Waals surface area contributed by atoms with E-state index in [1.54, 1.807) is 24.3 Å². The highest BCUT2D eigenvalue weighted by atomic mass is 16.6. The minimum absolute atomic E-state index is 0.0798. The first-order valence-electron chi connectivity index (χ1n) is 7.68. The Morgan fingerprint density at radius 3 is 1.46 bits per heavy atom. The fourth-order valence-electron chi connectivity index (χ4n) is 2.49. The number of nitro benzene ring substituents is 2. The first-order chi connectivity index (χ1) is 11.5. The van der Waals surface area contributed by atoms with Gasteiger partial charge < -0.3 is 0 Å². The van der Waals surface area contributed by atoms with Gasteiger partial charge in [0.1, 0.15) is 0 Å². The van der Waals surface area contributed by atoms with E-state index in [1.807, 2.05) is 0 Å². The summed E-state index contributed by atoms with van der Waals surface area (Å²) in [6.07, 6.45) is 0.972. The van der Waals surface area contributed by atoms with Crippen LogP contribution in [-0.2, 0) is 13.1 Å². The van der Waals surface area contributed by atoms with Gasteiger partial charge in [-0.05, 0) is 24.1 Å². The van der Waals surface area contributed by atoms with Crippen molar-refractivity contribution in [3.05, 3.63) is 79.9 Å². The molecule has 0 saturated carbocycles. The summed E-state index contributed by atoms with van der Waals surface area (Å²) in [5, 5.41) is 21.4. The Hall–Kier alpha value is -2.80. The molecular formula is C17H19N3O4. The average molecular weight is 329 g/mol. The molecule has 2 aromatic rings. The van der Waals surface area contributed by atoms with E-state index in [9.17, 15) is 20.2 Å².